The van der Waals surface area contributed by atoms with Gasteiger partial charge in [0.25, 0.3) is 5.69 Å². The number of fused-ring (bicyclic) bond motifs is 1. The van der Waals surface area contributed by atoms with Gasteiger partial charge in [-0.3, -0.25) is 15.1 Å². The van der Waals surface area contributed by atoms with Crippen molar-refractivity contribution in [1.82, 2.24) is 9.97 Å². The Bertz CT molecular complexity index is 833. The third-order valence-electron chi connectivity index (χ3n) is 3.17. The highest BCUT2D eigenvalue weighted by Gasteiger charge is 2.16. The largest absolute Gasteiger partial charge is 0.384 e. The molecule has 3 aromatic rings. The second-order valence-corrected chi connectivity index (χ2v) is 4.63. The van der Waals surface area contributed by atoms with Crippen LogP contribution in [0.25, 0.3) is 10.9 Å². The Kier molecular flexibility index (Phi) is 3.19. The summed E-state index contributed by atoms with van der Waals surface area (Å²) >= 11 is 0. The average Bonchev–Trinajstić information content (AvgIpc) is 2.47. The Morgan fingerprint density at radius 1 is 1.05 bits per heavy atom. The van der Waals surface area contributed by atoms with E-state index in [-0.39, 0.29) is 17.9 Å². The molecule has 2 N–H and O–H groups in total. The molecule has 2 aromatic heterocycles. The third kappa shape index (κ3) is 2.64. The molecule has 0 spiro atoms. The molecule has 0 unspecified atom stereocenters. The predicted molar refractivity (Wildman–Crippen MR) is 79.9 cm³/mol. The molecule has 6 nitrogen and oxygen atoms in total. The summed E-state index contributed by atoms with van der Waals surface area (Å²) in [6, 6.07) is 14.3. The van der Waals surface area contributed by atoms with Crippen molar-refractivity contribution in [2.24, 2.45) is 0 Å². The van der Waals surface area contributed by atoms with Crippen molar-refractivity contribution < 1.29 is 4.92 Å². The molecule has 0 radical (unpaired) electrons. The van der Waals surface area contributed by atoms with E-state index in [4.69, 9.17) is 5.73 Å². The van der Waals surface area contributed by atoms with E-state index in [0.717, 1.165) is 16.6 Å². The summed E-state index contributed by atoms with van der Waals surface area (Å²) in [5, 5.41) is 12.1. The van der Waals surface area contributed by atoms with Crippen LogP contribution in [0.2, 0.25) is 0 Å². The van der Waals surface area contributed by atoms with E-state index in [1.807, 2.05) is 36.4 Å². The van der Waals surface area contributed by atoms with Crippen LogP contribution in [0.4, 0.5) is 11.5 Å². The fraction of sp³-hybridized carbons (Fsp3) is 0.0667. The van der Waals surface area contributed by atoms with Gasteiger partial charge in [0.1, 0.15) is 11.5 Å². The average molecular weight is 280 g/mol. The Labute approximate surface area is 120 Å². The van der Waals surface area contributed by atoms with Crippen LogP contribution in [0.3, 0.4) is 0 Å². The van der Waals surface area contributed by atoms with Crippen LogP contribution in [0.5, 0.6) is 0 Å². The normalized spacial score (nSPS) is 10.7. The van der Waals surface area contributed by atoms with Gasteiger partial charge in [-0.1, -0.05) is 24.3 Å². The van der Waals surface area contributed by atoms with Crippen LogP contribution in [0, 0.1) is 10.1 Å². The fourth-order valence-electron chi connectivity index (χ4n) is 2.19. The van der Waals surface area contributed by atoms with Crippen molar-refractivity contribution in [1.29, 1.82) is 0 Å². The van der Waals surface area contributed by atoms with Gasteiger partial charge in [-0.15, -0.1) is 0 Å². The Hall–Kier alpha value is -3.02. The molecule has 3 rings (SSSR count). The first-order valence-electron chi connectivity index (χ1n) is 6.38. The minimum absolute atomic E-state index is 0.0424. The van der Waals surface area contributed by atoms with Gasteiger partial charge >= 0.3 is 0 Å². The summed E-state index contributed by atoms with van der Waals surface area (Å²) in [6.45, 7) is 0. The molecular formula is C15H12N4O2. The van der Waals surface area contributed by atoms with Gasteiger partial charge in [0.05, 0.1) is 10.4 Å². The molecule has 0 atom stereocenters. The summed E-state index contributed by atoms with van der Waals surface area (Å²) < 4.78 is 0. The van der Waals surface area contributed by atoms with Crippen molar-refractivity contribution >= 4 is 22.4 Å². The van der Waals surface area contributed by atoms with Crippen LogP contribution in [0.1, 0.15) is 11.4 Å². The number of rotatable bonds is 3. The van der Waals surface area contributed by atoms with Crippen LogP contribution < -0.4 is 5.73 Å². The number of nitrogens with zero attached hydrogens (tertiary/aromatic N) is 3. The number of hydrogen-bond donors (Lipinski definition) is 1. The van der Waals surface area contributed by atoms with Gasteiger partial charge in [0.2, 0.25) is 0 Å². The summed E-state index contributed by atoms with van der Waals surface area (Å²) in [5.41, 5.74) is 7.46. The molecule has 0 bridgehead atoms. The second kappa shape index (κ2) is 5.16. The lowest BCUT2D eigenvalue weighted by atomic mass is 10.1. The van der Waals surface area contributed by atoms with E-state index in [2.05, 4.69) is 9.97 Å². The van der Waals surface area contributed by atoms with Crippen molar-refractivity contribution in [3.05, 3.63) is 70.0 Å². The van der Waals surface area contributed by atoms with Gasteiger partial charge in [-0.25, -0.2) is 4.98 Å². The number of nitrogens with two attached hydrogens (primary N) is 1. The van der Waals surface area contributed by atoms with Crippen LogP contribution >= 0.6 is 0 Å². The van der Waals surface area contributed by atoms with E-state index < -0.39 is 4.92 Å². The quantitative estimate of drug-likeness (QED) is 0.588. The minimum Gasteiger partial charge on any atom is -0.384 e. The molecule has 0 saturated heterocycles. The minimum atomic E-state index is -0.456. The SMILES string of the molecule is Nc1ccc([N+](=O)[O-])c(Cc2ccc3ccccc3n2)n1. The van der Waals surface area contributed by atoms with Crippen LogP contribution in [-0.2, 0) is 6.42 Å². The number of anilines is 1. The molecule has 104 valence electrons. The van der Waals surface area contributed by atoms with E-state index in [1.54, 1.807) is 0 Å². The first kappa shape index (κ1) is 13.0. The van der Waals surface area contributed by atoms with Gasteiger partial charge in [-0.05, 0) is 18.2 Å². The highest BCUT2D eigenvalue weighted by Crippen LogP contribution is 2.21. The predicted octanol–water partition coefficient (Wildman–Crippen LogP) is 2.71. The molecule has 0 saturated carbocycles. The molecule has 1 aromatic carbocycles. The van der Waals surface area contributed by atoms with Crippen molar-refractivity contribution in [2.75, 3.05) is 5.73 Å². The summed E-state index contributed by atoms with van der Waals surface area (Å²) in [7, 11) is 0. The fourth-order valence-corrected chi connectivity index (χ4v) is 2.19. The number of benzene rings is 1. The second-order valence-electron chi connectivity index (χ2n) is 4.63. The highest BCUT2D eigenvalue weighted by atomic mass is 16.6. The Morgan fingerprint density at radius 3 is 2.67 bits per heavy atom. The Balaban J connectivity index is 2.02. The maximum Gasteiger partial charge on any atom is 0.291 e. The van der Waals surface area contributed by atoms with E-state index in [0.29, 0.717) is 5.69 Å². The molecule has 0 amide bonds. The van der Waals surface area contributed by atoms with Crippen molar-refractivity contribution in [2.45, 2.75) is 6.42 Å². The molecular weight excluding hydrogens is 268 g/mol. The lowest BCUT2D eigenvalue weighted by molar-refractivity contribution is -0.385. The maximum atomic E-state index is 11.0. The zero-order valence-electron chi connectivity index (χ0n) is 11.1. The molecule has 0 aliphatic heterocycles. The van der Waals surface area contributed by atoms with E-state index in [9.17, 15) is 10.1 Å². The lowest BCUT2D eigenvalue weighted by Crippen LogP contribution is -2.03. The zero-order valence-corrected chi connectivity index (χ0v) is 11.1. The summed E-state index contributed by atoms with van der Waals surface area (Å²) in [4.78, 5) is 19.1. The molecule has 2 heterocycles. The van der Waals surface area contributed by atoms with Crippen molar-refractivity contribution in [3.8, 4) is 0 Å². The standard InChI is InChI=1S/C15H12N4O2/c16-15-8-7-14(19(20)21)13(18-15)9-11-6-5-10-3-1-2-4-12(10)17-11/h1-8H,9H2,(H2,16,18). The number of nitro groups is 1. The number of nitrogen functional groups attached to an aromatic ring is 1. The lowest BCUT2D eigenvalue weighted by Gasteiger charge is -2.04. The first-order chi connectivity index (χ1) is 10.1. The summed E-state index contributed by atoms with van der Waals surface area (Å²) in [5.74, 6) is 0.261. The van der Waals surface area contributed by atoms with Crippen molar-refractivity contribution in [3.63, 3.8) is 0 Å². The van der Waals surface area contributed by atoms with E-state index in [1.165, 1.54) is 12.1 Å². The zero-order chi connectivity index (χ0) is 14.8. The van der Waals surface area contributed by atoms with Crippen LogP contribution in [0.15, 0.2) is 48.5 Å². The van der Waals surface area contributed by atoms with Crippen LogP contribution in [-0.4, -0.2) is 14.9 Å². The number of para-hydroxylation sites is 1. The Morgan fingerprint density at radius 2 is 1.86 bits per heavy atom. The third-order valence-corrected chi connectivity index (χ3v) is 3.17. The topological polar surface area (TPSA) is 94.9 Å². The van der Waals surface area contributed by atoms with Gasteiger partial charge in [0.15, 0.2) is 0 Å². The molecule has 0 aliphatic carbocycles. The molecule has 0 aliphatic rings. The number of pyridine rings is 2. The van der Waals surface area contributed by atoms with Gasteiger partial charge in [-0.2, -0.15) is 0 Å². The molecule has 21 heavy (non-hydrogen) atoms. The number of aromatic nitrogens is 2. The van der Waals surface area contributed by atoms with Gasteiger partial charge < -0.3 is 5.73 Å². The molecule has 0 fully saturated rings. The highest BCUT2D eigenvalue weighted by molar-refractivity contribution is 5.78. The first-order valence-corrected chi connectivity index (χ1v) is 6.38. The van der Waals surface area contributed by atoms with E-state index >= 15 is 0 Å². The summed E-state index contributed by atoms with van der Waals surface area (Å²) in [6.07, 6.45) is 0.270. The number of hydrogen-bond acceptors (Lipinski definition) is 5. The molecule has 6 heteroatoms. The smallest absolute Gasteiger partial charge is 0.291 e. The van der Waals surface area contributed by atoms with Gasteiger partial charge in [0, 0.05) is 23.6 Å². The maximum absolute atomic E-state index is 11.0. The monoisotopic (exact) mass is 280 g/mol.